The summed E-state index contributed by atoms with van der Waals surface area (Å²) in [7, 11) is 0. The number of hydrogen-bond acceptors (Lipinski definition) is 4. The fraction of sp³-hybridized carbons (Fsp3) is 0.700. The second-order valence-electron chi connectivity index (χ2n) is 3.83. The van der Waals surface area contributed by atoms with E-state index < -0.39 is 6.10 Å². The fourth-order valence-corrected chi connectivity index (χ4v) is 1.64. The Balaban J connectivity index is 2.02. The van der Waals surface area contributed by atoms with Crippen molar-refractivity contribution in [2.24, 2.45) is 0 Å². The predicted octanol–water partition coefficient (Wildman–Crippen LogP) is 0.396. The number of hydrogen-bond donors (Lipinski definition) is 1. The number of carbonyl (C=O) groups is 1. The number of ether oxygens (including phenoxy) is 2. The summed E-state index contributed by atoms with van der Waals surface area (Å²) < 4.78 is 10.4. The fourth-order valence-electron chi connectivity index (χ4n) is 1.64. The van der Waals surface area contributed by atoms with Crippen LogP contribution in [0.4, 0.5) is 0 Å². The zero-order chi connectivity index (χ0) is 10.1. The van der Waals surface area contributed by atoms with Crippen molar-refractivity contribution < 1.29 is 19.4 Å². The number of esters is 1. The highest BCUT2D eigenvalue weighted by molar-refractivity contribution is 5.70. The monoisotopic (exact) mass is 198 g/mol. The normalized spacial score (nSPS) is 44.9. The summed E-state index contributed by atoms with van der Waals surface area (Å²) >= 11 is 0. The van der Waals surface area contributed by atoms with Crippen LogP contribution in [0.25, 0.3) is 0 Å². The van der Waals surface area contributed by atoms with Gasteiger partial charge in [-0.05, 0) is 6.92 Å². The maximum Gasteiger partial charge on any atom is 0.309 e. The van der Waals surface area contributed by atoms with Gasteiger partial charge in [0.15, 0.2) is 0 Å². The van der Waals surface area contributed by atoms with Gasteiger partial charge in [0.1, 0.15) is 12.2 Å². The first-order valence-electron chi connectivity index (χ1n) is 4.86. The average molecular weight is 198 g/mol. The zero-order valence-electron chi connectivity index (χ0n) is 8.05. The van der Waals surface area contributed by atoms with Gasteiger partial charge in [-0.1, -0.05) is 12.2 Å². The Labute approximate surface area is 82.5 Å². The minimum Gasteiger partial charge on any atom is -0.462 e. The lowest BCUT2D eigenvalue weighted by Crippen LogP contribution is -2.21. The van der Waals surface area contributed by atoms with Gasteiger partial charge >= 0.3 is 5.97 Å². The third-order valence-corrected chi connectivity index (χ3v) is 2.42. The van der Waals surface area contributed by atoms with Crippen molar-refractivity contribution >= 4 is 5.97 Å². The molecule has 78 valence electrons. The summed E-state index contributed by atoms with van der Waals surface area (Å²) in [6.45, 7) is 1.84. The SMILES string of the molecule is C[C@@H]1C[C@@H]2O[C@@H]2/C=C/C(O)CC(=O)O1. The molecule has 4 nitrogen and oxygen atoms in total. The van der Waals surface area contributed by atoms with E-state index in [4.69, 9.17) is 9.47 Å². The van der Waals surface area contributed by atoms with Gasteiger partial charge < -0.3 is 14.6 Å². The molecule has 0 aliphatic carbocycles. The van der Waals surface area contributed by atoms with E-state index in [0.717, 1.165) is 6.42 Å². The summed E-state index contributed by atoms with van der Waals surface area (Å²) in [4.78, 5) is 11.2. The number of aliphatic hydroxyl groups is 1. The first kappa shape index (κ1) is 9.68. The van der Waals surface area contributed by atoms with Crippen molar-refractivity contribution in [3.05, 3.63) is 12.2 Å². The Kier molecular flexibility index (Phi) is 2.56. The minimum atomic E-state index is -0.752. The largest absolute Gasteiger partial charge is 0.462 e. The van der Waals surface area contributed by atoms with Crippen molar-refractivity contribution in [3.8, 4) is 0 Å². The van der Waals surface area contributed by atoms with E-state index in [-0.39, 0.29) is 30.7 Å². The van der Waals surface area contributed by atoms with Crippen LogP contribution in [0.15, 0.2) is 12.2 Å². The van der Waals surface area contributed by atoms with Gasteiger partial charge in [-0.15, -0.1) is 0 Å². The molecule has 0 aromatic heterocycles. The summed E-state index contributed by atoms with van der Waals surface area (Å²) in [6, 6.07) is 0. The highest BCUT2D eigenvalue weighted by atomic mass is 16.6. The van der Waals surface area contributed by atoms with E-state index in [2.05, 4.69) is 0 Å². The van der Waals surface area contributed by atoms with Gasteiger partial charge in [-0.2, -0.15) is 0 Å². The predicted molar refractivity (Wildman–Crippen MR) is 48.6 cm³/mol. The maximum absolute atomic E-state index is 11.2. The number of epoxide rings is 1. The van der Waals surface area contributed by atoms with E-state index in [1.54, 1.807) is 6.08 Å². The molecule has 4 atom stereocenters. The third kappa shape index (κ3) is 2.33. The zero-order valence-corrected chi connectivity index (χ0v) is 8.05. The van der Waals surface area contributed by atoms with Crippen molar-refractivity contribution in [2.75, 3.05) is 0 Å². The summed E-state index contributed by atoms with van der Waals surface area (Å²) in [5.41, 5.74) is 0. The Hall–Kier alpha value is -0.870. The molecule has 1 fully saturated rings. The Bertz CT molecular complexity index is 261. The molecule has 2 aliphatic heterocycles. The number of carbonyl (C=O) groups excluding carboxylic acids is 1. The molecule has 0 spiro atoms. The molecule has 0 saturated carbocycles. The lowest BCUT2D eigenvalue weighted by molar-refractivity contribution is -0.150. The molecule has 0 radical (unpaired) electrons. The Morgan fingerprint density at radius 3 is 3.07 bits per heavy atom. The van der Waals surface area contributed by atoms with Gasteiger partial charge in [-0.3, -0.25) is 4.79 Å². The smallest absolute Gasteiger partial charge is 0.309 e. The molecule has 2 heterocycles. The van der Waals surface area contributed by atoms with E-state index >= 15 is 0 Å². The highest BCUT2D eigenvalue weighted by Gasteiger charge is 2.38. The molecule has 1 unspecified atom stereocenters. The van der Waals surface area contributed by atoms with Crippen LogP contribution in [-0.4, -0.2) is 35.5 Å². The molecule has 4 heteroatoms. The topological polar surface area (TPSA) is 59.1 Å². The van der Waals surface area contributed by atoms with Crippen molar-refractivity contribution in [1.82, 2.24) is 0 Å². The molecule has 2 aliphatic rings. The van der Waals surface area contributed by atoms with Crippen LogP contribution in [0.3, 0.4) is 0 Å². The third-order valence-electron chi connectivity index (χ3n) is 2.42. The Morgan fingerprint density at radius 2 is 2.29 bits per heavy atom. The molecular formula is C10H14O4. The average Bonchev–Trinajstić information content (AvgIpc) is 2.78. The van der Waals surface area contributed by atoms with Crippen LogP contribution in [0.2, 0.25) is 0 Å². The van der Waals surface area contributed by atoms with Gasteiger partial charge in [0, 0.05) is 6.42 Å². The molecule has 0 amide bonds. The molecule has 2 rings (SSSR count). The van der Waals surface area contributed by atoms with E-state index in [1.807, 2.05) is 13.0 Å². The summed E-state index contributed by atoms with van der Waals surface area (Å²) in [5, 5.41) is 9.38. The van der Waals surface area contributed by atoms with Crippen LogP contribution in [0.1, 0.15) is 19.8 Å². The first-order valence-corrected chi connectivity index (χ1v) is 4.86. The molecule has 0 aromatic rings. The van der Waals surface area contributed by atoms with Gasteiger partial charge in [0.25, 0.3) is 0 Å². The second kappa shape index (κ2) is 3.71. The highest BCUT2D eigenvalue weighted by Crippen LogP contribution is 2.29. The van der Waals surface area contributed by atoms with Crippen molar-refractivity contribution in [2.45, 2.75) is 44.2 Å². The van der Waals surface area contributed by atoms with Crippen LogP contribution < -0.4 is 0 Å². The van der Waals surface area contributed by atoms with Gasteiger partial charge in [-0.25, -0.2) is 0 Å². The standard InChI is InChI=1S/C10H14O4/c1-6-4-9-8(14-9)3-2-7(11)5-10(12)13-6/h2-3,6-9,11H,4-5H2,1H3/b3-2+/t6-,7?,8-,9+/m1/s1. The van der Waals surface area contributed by atoms with Crippen LogP contribution in [0.5, 0.6) is 0 Å². The van der Waals surface area contributed by atoms with Crippen LogP contribution >= 0.6 is 0 Å². The quantitative estimate of drug-likeness (QED) is 0.347. The van der Waals surface area contributed by atoms with Crippen LogP contribution in [-0.2, 0) is 14.3 Å². The summed E-state index contributed by atoms with van der Waals surface area (Å²) in [5.74, 6) is -0.353. The maximum atomic E-state index is 11.2. The van der Waals surface area contributed by atoms with Crippen molar-refractivity contribution in [1.29, 1.82) is 0 Å². The lowest BCUT2D eigenvalue weighted by Gasteiger charge is -2.13. The molecule has 14 heavy (non-hydrogen) atoms. The number of rotatable bonds is 0. The van der Waals surface area contributed by atoms with Crippen molar-refractivity contribution in [3.63, 3.8) is 0 Å². The number of fused-ring (bicyclic) bond motifs is 1. The lowest BCUT2D eigenvalue weighted by atomic mass is 10.1. The molecule has 1 N–H and O–H groups in total. The number of aliphatic hydroxyl groups excluding tert-OH is 1. The number of cyclic esters (lactones) is 1. The first-order chi connectivity index (χ1) is 6.65. The summed E-state index contributed by atoms with van der Waals surface area (Å²) in [6.07, 6.45) is 3.55. The molecule has 1 saturated heterocycles. The van der Waals surface area contributed by atoms with E-state index in [1.165, 1.54) is 0 Å². The minimum absolute atomic E-state index is 0.0260. The van der Waals surface area contributed by atoms with Gasteiger partial charge in [0.2, 0.25) is 0 Å². The van der Waals surface area contributed by atoms with E-state index in [9.17, 15) is 9.90 Å². The van der Waals surface area contributed by atoms with E-state index in [0.29, 0.717) is 0 Å². The Morgan fingerprint density at radius 1 is 1.50 bits per heavy atom. The molecular weight excluding hydrogens is 184 g/mol. The van der Waals surface area contributed by atoms with Crippen LogP contribution in [0, 0.1) is 0 Å². The van der Waals surface area contributed by atoms with Gasteiger partial charge in [0.05, 0.1) is 18.6 Å². The molecule has 0 aromatic carbocycles. The molecule has 0 bridgehead atoms. The second-order valence-corrected chi connectivity index (χ2v) is 3.83.